The maximum Gasteiger partial charge on any atom is 0.262 e. The van der Waals surface area contributed by atoms with Gasteiger partial charge >= 0.3 is 0 Å². The summed E-state index contributed by atoms with van der Waals surface area (Å²) in [6, 6.07) is -0.456. The average molecular weight is 319 g/mol. The molecule has 22 heavy (non-hydrogen) atoms. The first-order chi connectivity index (χ1) is 10.5. The van der Waals surface area contributed by atoms with Crippen LogP contribution in [0, 0.1) is 0 Å². The molecule has 2 fully saturated rings. The van der Waals surface area contributed by atoms with E-state index < -0.39 is 18.5 Å². The third kappa shape index (κ3) is 4.36. The molecule has 0 bridgehead atoms. The van der Waals surface area contributed by atoms with Crippen molar-refractivity contribution in [1.29, 1.82) is 0 Å². The molecule has 0 saturated carbocycles. The third-order valence-corrected chi connectivity index (χ3v) is 4.52. The second kappa shape index (κ2) is 7.66. The van der Waals surface area contributed by atoms with Crippen molar-refractivity contribution in [1.82, 2.24) is 15.1 Å². The lowest BCUT2D eigenvalue weighted by Crippen LogP contribution is -2.57. The number of ether oxygens (including phenoxy) is 1. The molecule has 1 amide bonds. The number of carbonyl (C=O) groups is 1. The van der Waals surface area contributed by atoms with E-state index in [4.69, 9.17) is 4.74 Å². The number of nitrogens with one attached hydrogen (secondary N) is 1. The topological polar surface area (TPSA) is 44.8 Å². The normalized spacial score (nSPS) is 29.0. The number of hydrogen-bond acceptors (Lipinski definition) is 4. The van der Waals surface area contributed by atoms with Gasteiger partial charge in [-0.25, -0.2) is 8.78 Å². The van der Waals surface area contributed by atoms with Crippen molar-refractivity contribution in [3.8, 4) is 0 Å². The molecule has 1 N–H and O–H groups in total. The van der Waals surface area contributed by atoms with Crippen LogP contribution < -0.4 is 5.32 Å². The van der Waals surface area contributed by atoms with Gasteiger partial charge in [0, 0.05) is 45.2 Å². The lowest BCUT2D eigenvalue weighted by Gasteiger charge is -2.41. The van der Waals surface area contributed by atoms with E-state index in [1.54, 1.807) is 4.90 Å². The van der Waals surface area contributed by atoms with Gasteiger partial charge < -0.3 is 9.64 Å². The predicted molar refractivity (Wildman–Crippen MR) is 80.1 cm³/mol. The van der Waals surface area contributed by atoms with Crippen LogP contribution in [0.3, 0.4) is 0 Å². The first kappa shape index (κ1) is 17.6. The van der Waals surface area contributed by atoms with Gasteiger partial charge in [0.2, 0.25) is 5.91 Å². The zero-order valence-electron chi connectivity index (χ0n) is 13.5. The highest BCUT2D eigenvalue weighted by Gasteiger charge is 2.44. The lowest BCUT2D eigenvalue weighted by atomic mass is 10.1. The minimum Gasteiger partial charge on any atom is -0.380 e. The van der Waals surface area contributed by atoms with Crippen LogP contribution in [-0.4, -0.2) is 79.7 Å². The van der Waals surface area contributed by atoms with Gasteiger partial charge in [0.25, 0.3) is 5.92 Å². The molecule has 7 heteroatoms. The smallest absolute Gasteiger partial charge is 0.262 e. The van der Waals surface area contributed by atoms with Crippen LogP contribution in [0.15, 0.2) is 0 Å². The molecule has 2 rings (SSSR count). The largest absolute Gasteiger partial charge is 0.380 e. The molecule has 2 aliphatic rings. The lowest BCUT2D eigenvalue weighted by molar-refractivity contribution is -0.137. The molecule has 0 aliphatic carbocycles. The van der Waals surface area contributed by atoms with E-state index in [-0.39, 0.29) is 18.4 Å². The number of carbonyl (C=O) groups excluding carboxylic acids is 1. The predicted octanol–water partition coefficient (Wildman–Crippen LogP) is 0.943. The molecule has 0 radical (unpaired) electrons. The third-order valence-electron chi connectivity index (χ3n) is 4.52. The van der Waals surface area contributed by atoms with E-state index in [9.17, 15) is 13.6 Å². The van der Waals surface area contributed by atoms with Crippen LogP contribution in [0.2, 0.25) is 0 Å². The summed E-state index contributed by atoms with van der Waals surface area (Å²) in [5.41, 5.74) is 0. The Morgan fingerprint density at radius 1 is 1.36 bits per heavy atom. The van der Waals surface area contributed by atoms with Crippen LogP contribution in [0.1, 0.15) is 26.7 Å². The summed E-state index contributed by atoms with van der Waals surface area (Å²) in [6.45, 7) is 7.92. The molecule has 2 atom stereocenters. The number of halogens is 2. The van der Waals surface area contributed by atoms with Crippen molar-refractivity contribution < 1.29 is 18.3 Å². The Morgan fingerprint density at radius 3 is 2.73 bits per heavy atom. The summed E-state index contributed by atoms with van der Waals surface area (Å²) >= 11 is 0. The van der Waals surface area contributed by atoms with Crippen molar-refractivity contribution in [2.24, 2.45) is 0 Å². The highest BCUT2D eigenvalue weighted by atomic mass is 19.3. The Morgan fingerprint density at radius 2 is 2.14 bits per heavy atom. The summed E-state index contributed by atoms with van der Waals surface area (Å²) in [4.78, 5) is 16.5. The van der Waals surface area contributed by atoms with Crippen molar-refractivity contribution in [2.45, 2.75) is 44.7 Å². The summed E-state index contributed by atoms with van der Waals surface area (Å²) in [7, 11) is 0. The molecular weight excluding hydrogens is 292 g/mol. The van der Waals surface area contributed by atoms with E-state index in [1.165, 1.54) is 0 Å². The van der Waals surface area contributed by atoms with E-state index >= 15 is 0 Å². The molecule has 0 aromatic heterocycles. The van der Waals surface area contributed by atoms with Crippen molar-refractivity contribution in [2.75, 3.05) is 45.9 Å². The Balaban J connectivity index is 1.86. The number of hydrogen-bond donors (Lipinski definition) is 1. The average Bonchev–Trinajstić information content (AvgIpc) is 2.87. The quantitative estimate of drug-likeness (QED) is 0.740. The van der Waals surface area contributed by atoms with Crippen LogP contribution in [-0.2, 0) is 9.53 Å². The fourth-order valence-corrected chi connectivity index (χ4v) is 3.21. The Bertz CT molecular complexity index is 382. The van der Waals surface area contributed by atoms with Gasteiger partial charge in [-0.2, -0.15) is 0 Å². The molecule has 0 aromatic rings. The van der Waals surface area contributed by atoms with Crippen LogP contribution in [0.25, 0.3) is 0 Å². The van der Waals surface area contributed by atoms with Gasteiger partial charge in [-0.3, -0.25) is 15.0 Å². The Hall–Kier alpha value is -0.790. The highest BCUT2D eigenvalue weighted by Crippen LogP contribution is 2.26. The van der Waals surface area contributed by atoms with E-state index in [2.05, 4.69) is 17.1 Å². The van der Waals surface area contributed by atoms with Gasteiger partial charge in [-0.1, -0.05) is 6.92 Å². The van der Waals surface area contributed by atoms with Gasteiger partial charge in [-0.05, 0) is 13.3 Å². The minimum atomic E-state index is -2.76. The second-order valence-corrected chi connectivity index (χ2v) is 6.07. The molecule has 2 unspecified atom stereocenters. The van der Waals surface area contributed by atoms with Crippen LogP contribution in [0.4, 0.5) is 8.78 Å². The zero-order valence-corrected chi connectivity index (χ0v) is 13.5. The fourth-order valence-electron chi connectivity index (χ4n) is 3.21. The molecule has 2 heterocycles. The summed E-state index contributed by atoms with van der Waals surface area (Å²) in [6.07, 6.45) is 0.553. The number of amides is 1. The molecule has 0 aromatic carbocycles. The summed E-state index contributed by atoms with van der Waals surface area (Å²) in [5.74, 6) is -2.94. The van der Waals surface area contributed by atoms with Crippen molar-refractivity contribution in [3.05, 3.63) is 0 Å². The van der Waals surface area contributed by atoms with Crippen LogP contribution >= 0.6 is 0 Å². The number of rotatable bonds is 6. The molecule has 2 aliphatic heterocycles. The fraction of sp³-hybridized carbons (Fsp3) is 0.933. The molecule has 5 nitrogen and oxygen atoms in total. The zero-order chi connectivity index (χ0) is 16.2. The van der Waals surface area contributed by atoms with Crippen molar-refractivity contribution >= 4 is 5.91 Å². The number of nitrogens with zero attached hydrogens (tertiary/aromatic N) is 2. The number of piperazine rings is 1. The first-order valence-corrected chi connectivity index (χ1v) is 8.18. The van der Waals surface area contributed by atoms with Gasteiger partial charge in [0.1, 0.15) is 0 Å². The highest BCUT2D eigenvalue weighted by molar-refractivity contribution is 5.82. The SMILES string of the molecule is CCOCCN1CCN(C(=O)C2CC(F)(F)CN2)CC1CC. The van der Waals surface area contributed by atoms with Crippen molar-refractivity contribution in [3.63, 3.8) is 0 Å². The Labute approximate surface area is 131 Å². The standard InChI is InChI=1S/C15H27F2N3O2/c1-3-12-10-20(6-5-19(12)7-8-22-4-2)14(21)13-9-15(16,17)11-18-13/h12-13,18H,3-11H2,1-2H3. The second-order valence-electron chi connectivity index (χ2n) is 6.07. The van der Waals surface area contributed by atoms with E-state index in [0.29, 0.717) is 26.3 Å². The van der Waals surface area contributed by atoms with E-state index in [0.717, 1.165) is 19.5 Å². The Kier molecular flexibility index (Phi) is 6.11. The summed E-state index contributed by atoms with van der Waals surface area (Å²) in [5, 5.41) is 2.66. The molecule has 0 spiro atoms. The van der Waals surface area contributed by atoms with Gasteiger partial charge in [0.05, 0.1) is 19.2 Å². The van der Waals surface area contributed by atoms with Gasteiger partial charge in [0.15, 0.2) is 0 Å². The van der Waals surface area contributed by atoms with E-state index in [1.807, 2.05) is 6.92 Å². The van der Waals surface area contributed by atoms with Crippen LogP contribution in [0.5, 0.6) is 0 Å². The number of alkyl halides is 2. The first-order valence-electron chi connectivity index (χ1n) is 8.18. The molecular formula is C15H27F2N3O2. The monoisotopic (exact) mass is 319 g/mol. The maximum atomic E-state index is 13.2. The molecule has 128 valence electrons. The summed E-state index contributed by atoms with van der Waals surface area (Å²) < 4.78 is 31.9. The van der Waals surface area contributed by atoms with Gasteiger partial charge in [-0.15, -0.1) is 0 Å². The minimum absolute atomic E-state index is 0.180. The maximum absolute atomic E-state index is 13.2. The molecule has 2 saturated heterocycles.